The predicted octanol–water partition coefficient (Wildman–Crippen LogP) is 10.3. The van der Waals surface area contributed by atoms with Gasteiger partial charge in [-0.2, -0.15) is 0 Å². The van der Waals surface area contributed by atoms with Gasteiger partial charge in [-0.05, 0) is 94.8 Å². The third kappa shape index (κ3) is 17.8. The Morgan fingerprint density at radius 3 is 1.89 bits per heavy atom. The molecule has 5 nitrogen and oxygen atoms in total. The van der Waals surface area contributed by atoms with Crippen LogP contribution in [-0.4, -0.2) is 36.9 Å². The molecule has 0 aromatic carbocycles. The summed E-state index contributed by atoms with van der Waals surface area (Å²) < 4.78 is 11.0. The van der Waals surface area contributed by atoms with Gasteiger partial charge in [0, 0.05) is 6.42 Å². The third-order valence-corrected chi connectivity index (χ3v) is 10.2. The summed E-state index contributed by atoms with van der Waals surface area (Å²) in [6.07, 6.45) is 35.9. The lowest BCUT2D eigenvalue weighted by Crippen LogP contribution is -2.31. The van der Waals surface area contributed by atoms with Gasteiger partial charge >= 0.3 is 11.9 Å². The summed E-state index contributed by atoms with van der Waals surface area (Å²) in [5, 5.41) is 9.73. The van der Waals surface area contributed by atoms with Gasteiger partial charge in [-0.15, -0.1) is 0 Å². The molecular formula is C39H68O5. The van der Waals surface area contributed by atoms with Crippen LogP contribution in [-0.2, 0) is 19.1 Å². The van der Waals surface area contributed by atoms with Crippen molar-refractivity contribution in [2.75, 3.05) is 19.8 Å². The first-order valence-electron chi connectivity index (χ1n) is 18.8. The lowest BCUT2D eigenvalue weighted by Gasteiger charge is -2.37. The van der Waals surface area contributed by atoms with Crippen molar-refractivity contribution in [2.45, 2.75) is 162 Å². The SMILES string of the molecule is CCCCC/C=C\C/C=C\CCCCCCCC(=O)OCC(CO)COC(=O)C1CCC(C2CCC(CCCC)CC2)CC1. The van der Waals surface area contributed by atoms with Gasteiger partial charge in [0.05, 0.1) is 31.7 Å². The Balaban J connectivity index is 1.45. The normalized spacial score (nSPS) is 23.2. The number of carbonyl (C=O) groups excluding carboxylic acids is 2. The summed E-state index contributed by atoms with van der Waals surface area (Å²) in [5.74, 6) is 1.83. The molecule has 2 rings (SSSR count). The first-order valence-corrected chi connectivity index (χ1v) is 18.8. The Morgan fingerprint density at radius 2 is 1.25 bits per heavy atom. The van der Waals surface area contributed by atoms with Crippen LogP contribution in [0.2, 0.25) is 0 Å². The van der Waals surface area contributed by atoms with E-state index in [2.05, 4.69) is 38.2 Å². The molecule has 2 aliphatic carbocycles. The highest BCUT2D eigenvalue weighted by Gasteiger charge is 2.33. The minimum Gasteiger partial charge on any atom is -0.465 e. The second-order valence-corrected chi connectivity index (χ2v) is 13.9. The number of unbranched alkanes of at least 4 members (excludes halogenated alkanes) is 9. The predicted molar refractivity (Wildman–Crippen MR) is 182 cm³/mol. The number of allylic oxidation sites excluding steroid dienone is 4. The summed E-state index contributed by atoms with van der Waals surface area (Å²) in [5.41, 5.74) is 0. The highest BCUT2D eigenvalue weighted by Crippen LogP contribution is 2.42. The number of ether oxygens (including phenoxy) is 2. The maximum Gasteiger partial charge on any atom is 0.308 e. The molecule has 0 aromatic rings. The minimum absolute atomic E-state index is 0.0210. The number of hydrogen-bond donors (Lipinski definition) is 1. The molecule has 0 saturated heterocycles. The molecule has 5 heteroatoms. The van der Waals surface area contributed by atoms with Crippen LogP contribution in [0.1, 0.15) is 162 Å². The van der Waals surface area contributed by atoms with Gasteiger partial charge in [-0.25, -0.2) is 0 Å². The molecule has 1 unspecified atom stereocenters. The zero-order chi connectivity index (χ0) is 31.7. The minimum atomic E-state index is -0.355. The quantitative estimate of drug-likeness (QED) is 0.0663. The van der Waals surface area contributed by atoms with E-state index in [-0.39, 0.29) is 43.6 Å². The maximum absolute atomic E-state index is 12.7. The Bertz CT molecular complexity index is 773. The Hall–Kier alpha value is -1.62. The molecule has 1 atom stereocenters. The van der Waals surface area contributed by atoms with E-state index in [0.29, 0.717) is 6.42 Å². The largest absolute Gasteiger partial charge is 0.465 e. The van der Waals surface area contributed by atoms with Gasteiger partial charge in [-0.1, -0.05) is 102 Å². The monoisotopic (exact) mass is 617 g/mol. The molecule has 0 radical (unpaired) electrons. The highest BCUT2D eigenvalue weighted by atomic mass is 16.5. The Morgan fingerprint density at radius 1 is 0.682 bits per heavy atom. The fourth-order valence-electron chi connectivity index (χ4n) is 7.10. The van der Waals surface area contributed by atoms with Gasteiger partial charge in [0.1, 0.15) is 0 Å². The van der Waals surface area contributed by atoms with Crippen molar-refractivity contribution in [1.82, 2.24) is 0 Å². The number of rotatable bonds is 24. The van der Waals surface area contributed by atoms with E-state index in [1.165, 1.54) is 83.5 Å². The van der Waals surface area contributed by atoms with E-state index in [1.807, 2.05) is 0 Å². The lowest BCUT2D eigenvalue weighted by atomic mass is 9.68. The number of carbonyl (C=O) groups is 2. The smallest absolute Gasteiger partial charge is 0.308 e. The molecular weight excluding hydrogens is 548 g/mol. The topological polar surface area (TPSA) is 72.8 Å². The van der Waals surface area contributed by atoms with E-state index < -0.39 is 0 Å². The second kappa shape index (κ2) is 25.6. The van der Waals surface area contributed by atoms with Crippen molar-refractivity contribution >= 4 is 11.9 Å². The summed E-state index contributed by atoms with van der Waals surface area (Å²) >= 11 is 0. The van der Waals surface area contributed by atoms with Crippen LogP contribution in [0.5, 0.6) is 0 Å². The fourth-order valence-corrected chi connectivity index (χ4v) is 7.10. The fraction of sp³-hybridized carbons (Fsp3) is 0.846. The summed E-state index contributed by atoms with van der Waals surface area (Å²) in [7, 11) is 0. The van der Waals surface area contributed by atoms with Crippen LogP contribution < -0.4 is 0 Å². The molecule has 0 bridgehead atoms. The molecule has 1 N–H and O–H groups in total. The van der Waals surface area contributed by atoms with Crippen molar-refractivity contribution in [2.24, 2.45) is 29.6 Å². The number of esters is 2. The molecule has 2 saturated carbocycles. The zero-order valence-electron chi connectivity index (χ0n) is 28.7. The molecule has 2 fully saturated rings. The van der Waals surface area contributed by atoms with E-state index in [4.69, 9.17) is 9.47 Å². The average molecular weight is 617 g/mol. The molecule has 254 valence electrons. The number of aliphatic hydroxyl groups is 1. The second-order valence-electron chi connectivity index (χ2n) is 13.9. The Kier molecular flexibility index (Phi) is 22.4. The van der Waals surface area contributed by atoms with Gasteiger partial charge < -0.3 is 14.6 Å². The molecule has 0 aromatic heterocycles. The van der Waals surface area contributed by atoms with Crippen molar-refractivity contribution in [1.29, 1.82) is 0 Å². The molecule has 0 heterocycles. The van der Waals surface area contributed by atoms with E-state index in [1.54, 1.807) is 0 Å². The van der Waals surface area contributed by atoms with Crippen molar-refractivity contribution in [3.8, 4) is 0 Å². The van der Waals surface area contributed by atoms with Crippen LogP contribution in [0, 0.1) is 29.6 Å². The Labute approximate surface area is 271 Å². The van der Waals surface area contributed by atoms with Crippen molar-refractivity contribution < 1.29 is 24.2 Å². The van der Waals surface area contributed by atoms with Crippen LogP contribution in [0.15, 0.2) is 24.3 Å². The molecule has 2 aliphatic rings. The van der Waals surface area contributed by atoms with Crippen molar-refractivity contribution in [3.05, 3.63) is 24.3 Å². The van der Waals surface area contributed by atoms with Crippen LogP contribution in [0.3, 0.4) is 0 Å². The molecule has 44 heavy (non-hydrogen) atoms. The van der Waals surface area contributed by atoms with Crippen LogP contribution in [0.25, 0.3) is 0 Å². The van der Waals surface area contributed by atoms with E-state index >= 15 is 0 Å². The zero-order valence-corrected chi connectivity index (χ0v) is 28.7. The average Bonchev–Trinajstić information content (AvgIpc) is 3.05. The molecule has 0 amide bonds. The van der Waals surface area contributed by atoms with Crippen LogP contribution in [0.4, 0.5) is 0 Å². The van der Waals surface area contributed by atoms with E-state index in [0.717, 1.165) is 75.5 Å². The van der Waals surface area contributed by atoms with Crippen molar-refractivity contribution in [3.63, 3.8) is 0 Å². The molecule has 0 aliphatic heterocycles. The van der Waals surface area contributed by atoms with Crippen LogP contribution >= 0.6 is 0 Å². The standard InChI is InChI=1S/C39H68O5/c1-3-5-7-8-9-10-11-12-13-14-15-16-17-18-19-21-38(41)43-31-34(30-40)32-44-39(42)37-28-26-36(27-29-37)35-24-22-33(23-25-35)20-6-4-2/h9-10,12-13,33-37,40H,3-8,11,14-32H2,1-2H3/b10-9-,13-12-. The van der Waals surface area contributed by atoms with Gasteiger partial charge in [0.15, 0.2) is 0 Å². The van der Waals surface area contributed by atoms with Gasteiger partial charge in [0.2, 0.25) is 0 Å². The summed E-state index contributed by atoms with van der Waals surface area (Å²) in [4.78, 5) is 24.9. The first-order chi connectivity index (χ1) is 21.6. The molecule has 0 spiro atoms. The lowest BCUT2D eigenvalue weighted by molar-refractivity contribution is -0.154. The van der Waals surface area contributed by atoms with Gasteiger partial charge in [-0.3, -0.25) is 9.59 Å². The summed E-state index contributed by atoms with van der Waals surface area (Å²) in [6.45, 7) is 4.60. The van der Waals surface area contributed by atoms with Gasteiger partial charge in [0.25, 0.3) is 0 Å². The first kappa shape index (κ1) is 38.6. The number of hydrogen-bond acceptors (Lipinski definition) is 5. The third-order valence-electron chi connectivity index (χ3n) is 10.2. The number of aliphatic hydroxyl groups excluding tert-OH is 1. The highest BCUT2D eigenvalue weighted by molar-refractivity contribution is 5.72. The maximum atomic E-state index is 12.7. The summed E-state index contributed by atoms with van der Waals surface area (Å²) in [6, 6.07) is 0. The van der Waals surface area contributed by atoms with E-state index in [9.17, 15) is 14.7 Å².